The summed E-state index contributed by atoms with van der Waals surface area (Å²) in [5, 5.41) is 3.04. The van der Waals surface area contributed by atoms with Crippen LogP contribution in [0.25, 0.3) is 0 Å². The highest BCUT2D eigenvalue weighted by molar-refractivity contribution is 9.10. The normalized spacial score (nSPS) is 24.6. The van der Waals surface area contributed by atoms with E-state index in [-0.39, 0.29) is 11.9 Å². The van der Waals surface area contributed by atoms with Crippen molar-refractivity contribution in [3.05, 3.63) is 28.2 Å². The van der Waals surface area contributed by atoms with Crippen molar-refractivity contribution in [3.63, 3.8) is 0 Å². The monoisotopic (exact) mass is 352 g/mol. The quantitative estimate of drug-likeness (QED) is 0.889. The van der Waals surface area contributed by atoms with Gasteiger partial charge in [-0.2, -0.15) is 0 Å². The molecule has 2 rings (SSSR count). The van der Waals surface area contributed by atoms with Gasteiger partial charge in [0.15, 0.2) is 0 Å². The van der Waals surface area contributed by atoms with Crippen LogP contribution in [0, 0.1) is 18.8 Å². The second-order valence-corrected chi connectivity index (χ2v) is 7.40. The molecule has 1 fully saturated rings. The van der Waals surface area contributed by atoms with E-state index in [1.54, 1.807) is 0 Å². The summed E-state index contributed by atoms with van der Waals surface area (Å²) in [6.07, 6.45) is 1.26. The average Bonchev–Trinajstić information content (AvgIpc) is 2.40. The average molecular weight is 353 g/mol. The number of anilines is 1. The molecule has 0 bridgehead atoms. The maximum atomic E-state index is 12.5. The summed E-state index contributed by atoms with van der Waals surface area (Å²) in [6, 6.07) is 5.88. The van der Waals surface area contributed by atoms with Gasteiger partial charge in [0.25, 0.3) is 0 Å². The number of rotatable bonds is 3. The molecule has 0 unspecified atom stereocenters. The molecule has 0 radical (unpaired) electrons. The summed E-state index contributed by atoms with van der Waals surface area (Å²) in [5.41, 5.74) is 2.02. The van der Waals surface area contributed by atoms with Gasteiger partial charge in [-0.3, -0.25) is 9.69 Å². The van der Waals surface area contributed by atoms with Crippen LogP contribution in [-0.4, -0.2) is 29.9 Å². The van der Waals surface area contributed by atoms with Crippen LogP contribution in [0.3, 0.4) is 0 Å². The number of likely N-dealkylation sites (tertiary alicyclic amines) is 1. The van der Waals surface area contributed by atoms with E-state index in [2.05, 4.69) is 40.0 Å². The number of nitrogens with one attached hydrogen (secondary N) is 1. The van der Waals surface area contributed by atoms with Crippen LogP contribution in [0.5, 0.6) is 0 Å². The number of hydrogen-bond acceptors (Lipinski definition) is 2. The predicted molar refractivity (Wildman–Crippen MR) is 91.5 cm³/mol. The molecule has 1 N–H and O–H groups in total. The maximum absolute atomic E-state index is 12.5. The van der Waals surface area contributed by atoms with Crippen LogP contribution in [-0.2, 0) is 4.79 Å². The number of amides is 1. The van der Waals surface area contributed by atoms with Crippen LogP contribution in [0.4, 0.5) is 5.69 Å². The summed E-state index contributed by atoms with van der Waals surface area (Å²) < 4.78 is 0.934. The minimum Gasteiger partial charge on any atom is -0.324 e. The maximum Gasteiger partial charge on any atom is 0.241 e. The van der Waals surface area contributed by atoms with Crippen molar-refractivity contribution in [1.29, 1.82) is 0 Å². The van der Waals surface area contributed by atoms with Gasteiger partial charge in [0, 0.05) is 17.6 Å². The van der Waals surface area contributed by atoms with Crippen molar-refractivity contribution >= 4 is 27.5 Å². The fourth-order valence-electron chi connectivity index (χ4n) is 3.15. The Balaban J connectivity index is 2.02. The second kappa shape index (κ2) is 6.93. The Morgan fingerprint density at radius 3 is 2.52 bits per heavy atom. The number of hydrogen-bond donors (Lipinski definition) is 1. The molecule has 0 aliphatic carbocycles. The van der Waals surface area contributed by atoms with E-state index in [1.165, 1.54) is 12.0 Å². The molecule has 3 nitrogen and oxygen atoms in total. The second-order valence-electron chi connectivity index (χ2n) is 6.55. The third kappa shape index (κ3) is 4.30. The molecule has 0 saturated carbocycles. The van der Waals surface area contributed by atoms with Gasteiger partial charge in [-0.1, -0.05) is 19.9 Å². The first kappa shape index (κ1) is 16.5. The lowest BCUT2D eigenvalue weighted by molar-refractivity contribution is -0.121. The highest BCUT2D eigenvalue weighted by Crippen LogP contribution is 2.25. The molecular formula is C17H25BrN2O. The molecule has 1 aromatic carbocycles. The Hall–Kier alpha value is -0.870. The Labute approximate surface area is 136 Å². The van der Waals surface area contributed by atoms with E-state index < -0.39 is 0 Å². The molecule has 1 aromatic rings. The van der Waals surface area contributed by atoms with Crippen molar-refractivity contribution < 1.29 is 4.79 Å². The fraction of sp³-hybridized carbons (Fsp3) is 0.588. The van der Waals surface area contributed by atoms with Gasteiger partial charge in [-0.05, 0) is 65.7 Å². The number of aryl methyl sites for hydroxylation is 1. The minimum atomic E-state index is -0.0941. The van der Waals surface area contributed by atoms with E-state index in [0.717, 1.165) is 23.2 Å². The first-order valence-electron chi connectivity index (χ1n) is 7.68. The van der Waals surface area contributed by atoms with Gasteiger partial charge in [0.2, 0.25) is 5.91 Å². The van der Waals surface area contributed by atoms with Gasteiger partial charge < -0.3 is 5.32 Å². The van der Waals surface area contributed by atoms with E-state index in [9.17, 15) is 4.79 Å². The van der Waals surface area contributed by atoms with Crippen LogP contribution >= 0.6 is 15.9 Å². The van der Waals surface area contributed by atoms with Gasteiger partial charge in [0.1, 0.15) is 0 Å². The zero-order valence-electron chi connectivity index (χ0n) is 13.3. The van der Waals surface area contributed by atoms with E-state index in [4.69, 9.17) is 0 Å². The van der Waals surface area contributed by atoms with Gasteiger partial charge in [-0.15, -0.1) is 0 Å². The highest BCUT2D eigenvalue weighted by atomic mass is 79.9. The lowest BCUT2D eigenvalue weighted by Gasteiger charge is -2.38. The first-order chi connectivity index (χ1) is 9.86. The lowest BCUT2D eigenvalue weighted by atomic mass is 9.91. The number of carbonyl (C=O) groups excluding carboxylic acids is 1. The zero-order valence-corrected chi connectivity index (χ0v) is 14.9. The molecular weight excluding hydrogens is 328 g/mol. The molecule has 1 aliphatic rings. The molecule has 0 aromatic heterocycles. The fourth-order valence-corrected chi connectivity index (χ4v) is 3.74. The SMILES string of the molecule is Cc1ccc(NC(=O)[C@H](C)N2C[C@@H](C)C[C@H](C)C2)c(Br)c1. The third-order valence-electron chi connectivity index (χ3n) is 4.21. The predicted octanol–water partition coefficient (Wildman–Crippen LogP) is 4.06. The van der Waals surface area contributed by atoms with Crippen molar-refractivity contribution in [2.24, 2.45) is 11.8 Å². The van der Waals surface area contributed by atoms with Gasteiger partial charge in [-0.25, -0.2) is 0 Å². The van der Waals surface area contributed by atoms with Crippen LogP contribution in [0.2, 0.25) is 0 Å². The Morgan fingerprint density at radius 2 is 1.95 bits per heavy atom. The number of carbonyl (C=O) groups is 1. The topological polar surface area (TPSA) is 32.3 Å². The minimum absolute atomic E-state index is 0.0702. The largest absolute Gasteiger partial charge is 0.324 e. The first-order valence-corrected chi connectivity index (χ1v) is 8.47. The molecule has 3 atom stereocenters. The van der Waals surface area contributed by atoms with Crippen molar-refractivity contribution in [1.82, 2.24) is 4.90 Å². The van der Waals surface area contributed by atoms with Gasteiger partial charge >= 0.3 is 0 Å². The molecule has 116 valence electrons. The Bertz CT molecular complexity index is 508. The number of halogens is 1. The Morgan fingerprint density at radius 1 is 1.33 bits per heavy atom. The molecule has 4 heteroatoms. The number of nitrogens with zero attached hydrogens (tertiary/aromatic N) is 1. The summed E-state index contributed by atoms with van der Waals surface area (Å²) in [5.74, 6) is 1.39. The highest BCUT2D eigenvalue weighted by Gasteiger charge is 2.28. The summed E-state index contributed by atoms with van der Waals surface area (Å²) in [6.45, 7) is 10.6. The zero-order chi connectivity index (χ0) is 15.6. The third-order valence-corrected chi connectivity index (χ3v) is 4.86. The standard InChI is InChI=1S/C17H25BrN2O/c1-11-5-6-16(15(18)8-11)19-17(21)14(4)20-9-12(2)7-13(3)10-20/h5-6,8,12-14H,7,9-10H2,1-4H3,(H,19,21)/t12-,13-,14-/m0/s1. The summed E-state index contributed by atoms with van der Waals surface area (Å²) in [4.78, 5) is 14.8. The van der Waals surface area contributed by atoms with Crippen molar-refractivity contribution in [3.8, 4) is 0 Å². The molecule has 21 heavy (non-hydrogen) atoms. The van der Waals surface area contributed by atoms with Crippen molar-refractivity contribution in [2.45, 2.75) is 40.2 Å². The smallest absolute Gasteiger partial charge is 0.241 e. The Kier molecular flexibility index (Phi) is 5.44. The number of benzene rings is 1. The van der Waals surface area contributed by atoms with Crippen LogP contribution < -0.4 is 5.32 Å². The molecule has 1 aliphatic heterocycles. The summed E-state index contributed by atoms with van der Waals surface area (Å²) in [7, 11) is 0. The molecule has 0 spiro atoms. The molecule has 1 saturated heterocycles. The lowest BCUT2D eigenvalue weighted by Crippen LogP contribution is -2.48. The molecule has 1 amide bonds. The number of piperidine rings is 1. The van der Waals surface area contributed by atoms with Gasteiger partial charge in [0.05, 0.1) is 11.7 Å². The van der Waals surface area contributed by atoms with Crippen LogP contribution in [0.15, 0.2) is 22.7 Å². The van der Waals surface area contributed by atoms with Crippen LogP contribution in [0.1, 0.15) is 32.8 Å². The van der Waals surface area contributed by atoms with Crippen molar-refractivity contribution in [2.75, 3.05) is 18.4 Å². The summed E-state index contributed by atoms with van der Waals surface area (Å²) >= 11 is 3.51. The van der Waals surface area contributed by atoms with E-state index in [0.29, 0.717) is 11.8 Å². The van der Waals surface area contributed by atoms with E-state index >= 15 is 0 Å². The van der Waals surface area contributed by atoms with E-state index in [1.807, 2.05) is 32.0 Å². The molecule has 1 heterocycles.